The number of urea groups is 1. The molecule has 1 aromatic rings. The van der Waals surface area contributed by atoms with Crippen molar-refractivity contribution in [2.24, 2.45) is 0 Å². The minimum atomic E-state index is -0.876. The van der Waals surface area contributed by atoms with Crippen molar-refractivity contribution < 1.29 is 18.4 Å². The normalized spacial score (nSPS) is 14.7. The van der Waals surface area contributed by atoms with E-state index in [0.717, 1.165) is 25.2 Å². The molecular weight excluding hydrogens is 282 g/mol. The Balaban J connectivity index is 1.80. The van der Waals surface area contributed by atoms with Gasteiger partial charge in [0.25, 0.3) is 0 Å². The molecule has 0 bridgehead atoms. The molecule has 8 heteroatoms. The lowest BCUT2D eigenvalue weighted by atomic mass is 10.3. The van der Waals surface area contributed by atoms with Gasteiger partial charge in [0.05, 0.1) is 12.2 Å². The van der Waals surface area contributed by atoms with Gasteiger partial charge in [-0.1, -0.05) is 0 Å². The number of nitrogens with zero attached hydrogens (tertiary/aromatic N) is 1. The summed E-state index contributed by atoms with van der Waals surface area (Å²) in [5, 5.41) is 7.68. The maximum Gasteiger partial charge on any atom is 0.319 e. The van der Waals surface area contributed by atoms with Gasteiger partial charge in [0.15, 0.2) is 0 Å². The summed E-state index contributed by atoms with van der Waals surface area (Å²) in [5.41, 5.74) is -0.150. The maximum absolute atomic E-state index is 13.3. The van der Waals surface area contributed by atoms with Gasteiger partial charge < -0.3 is 20.9 Å². The number of benzene rings is 1. The maximum atomic E-state index is 13.3. The summed E-state index contributed by atoms with van der Waals surface area (Å²) >= 11 is 0. The smallest absolute Gasteiger partial charge is 0.319 e. The minimum Gasteiger partial charge on any atom is -0.339 e. The van der Waals surface area contributed by atoms with Crippen molar-refractivity contribution in [3.8, 4) is 0 Å². The zero-order valence-electron chi connectivity index (χ0n) is 11.3. The lowest BCUT2D eigenvalue weighted by Crippen LogP contribution is -2.49. The first-order chi connectivity index (χ1) is 10.1. The summed E-state index contributed by atoms with van der Waals surface area (Å²) in [4.78, 5) is 25.0. The minimum absolute atomic E-state index is 0.150. The second kappa shape index (κ2) is 6.98. The standard InChI is InChI=1S/C13H16F2N4O2/c14-9-1-2-11(10(15)7-9)18-13(21)17-8-12(20)19-5-3-16-4-6-19/h1-2,7,16H,3-6,8H2,(H2,17,18,21). The van der Waals surface area contributed by atoms with Gasteiger partial charge in [-0.15, -0.1) is 0 Å². The van der Waals surface area contributed by atoms with Gasteiger partial charge in [0.2, 0.25) is 5.91 Å². The van der Waals surface area contributed by atoms with E-state index < -0.39 is 17.7 Å². The average Bonchev–Trinajstić information content (AvgIpc) is 2.48. The second-order valence-corrected chi connectivity index (χ2v) is 4.56. The topological polar surface area (TPSA) is 73.5 Å². The lowest BCUT2D eigenvalue weighted by molar-refractivity contribution is -0.130. The predicted molar refractivity (Wildman–Crippen MR) is 72.8 cm³/mol. The Hall–Kier alpha value is -2.22. The molecule has 3 N–H and O–H groups in total. The summed E-state index contributed by atoms with van der Waals surface area (Å²) in [7, 11) is 0. The molecule has 0 spiro atoms. The molecule has 0 aliphatic carbocycles. The predicted octanol–water partition coefficient (Wildman–Crippen LogP) is 0.518. The van der Waals surface area contributed by atoms with Gasteiger partial charge in [0, 0.05) is 32.2 Å². The van der Waals surface area contributed by atoms with Crippen LogP contribution in [0.3, 0.4) is 0 Å². The Labute approximate surface area is 120 Å². The van der Waals surface area contributed by atoms with Crippen molar-refractivity contribution in [3.05, 3.63) is 29.8 Å². The van der Waals surface area contributed by atoms with Crippen LogP contribution < -0.4 is 16.0 Å². The van der Waals surface area contributed by atoms with Gasteiger partial charge >= 0.3 is 6.03 Å². The molecule has 1 saturated heterocycles. The highest BCUT2D eigenvalue weighted by molar-refractivity contribution is 5.92. The number of hydrogen-bond acceptors (Lipinski definition) is 3. The molecule has 0 unspecified atom stereocenters. The van der Waals surface area contributed by atoms with Gasteiger partial charge in [-0.3, -0.25) is 4.79 Å². The van der Waals surface area contributed by atoms with Crippen molar-refractivity contribution in [2.75, 3.05) is 38.0 Å². The first kappa shape index (κ1) is 15.2. The second-order valence-electron chi connectivity index (χ2n) is 4.56. The molecule has 3 amide bonds. The van der Waals surface area contributed by atoms with E-state index in [4.69, 9.17) is 0 Å². The molecule has 1 aliphatic rings. The number of piperazine rings is 1. The van der Waals surface area contributed by atoms with Crippen LogP contribution >= 0.6 is 0 Å². The van der Waals surface area contributed by atoms with Gasteiger partial charge in [-0.05, 0) is 12.1 Å². The third-order valence-electron chi connectivity index (χ3n) is 3.05. The highest BCUT2D eigenvalue weighted by atomic mass is 19.1. The molecule has 0 aromatic heterocycles. The van der Waals surface area contributed by atoms with Gasteiger partial charge in [-0.2, -0.15) is 0 Å². The molecule has 1 fully saturated rings. The van der Waals surface area contributed by atoms with E-state index in [9.17, 15) is 18.4 Å². The summed E-state index contributed by atoms with van der Waals surface area (Å²) in [6.45, 7) is 2.45. The van der Waals surface area contributed by atoms with Crippen LogP contribution in [-0.4, -0.2) is 49.6 Å². The van der Waals surface area contributed by atoms with Crippen LogP contribution in [0.5, 0.6) is 0 Å². The number of amides is 3. The Bertz CT molecular complexity index is 533. The number of hydrogen-bond donors (Lipinski definition) is 3. The molecule has 0 atom stereocenters. The fourth-order valence-corrected chi connectivity index (χ4v) is 1.94. The summed E-state index contributed by atoms with van der Waals surface area (Å²) < 4.78 is 26.1. The first-order valence-corrected chi connectivity index (χ1v) is 6.54. The third kappa shape index (κ3) is 4.38. The van der Waals surface area contributed by atoms with Crippen LogP contribution in [0.15, 0.2) is 18.2 Å². The van der Waals surface area contributed by atoms with E-state index in [-0.39, 0.29) is 18.1 Å². The number of halogens is 2. The SMILES string of the molecule is O=C(NCC(=O)N1CCNCC1)Nc1ccc(F)cc1F. The zero-order valence-corrected chi connectivity index (χ0v) is 11.3. The van der Waals surface area contributed by atoms with Gasteiger partial charge in [-0.25, -0.2) is 13.6 Å². The Morgan fingerprint density at radius 3 is 2.62 bits per heavy atom. The molecular formula is C13H16F2N4O2. The number of rotatable bonds is 3. The number of anilines is 1. The van der Waals surface area contributed by atoms with Crippen LogP contribution in [0, 0.1) is 11.6 Å². The Morgan fingerprint density at radius 1 is 1.24 bits per heavy atom. The fraction of sp³-hybridized carbons (Fsp3) is 0.385. The highest BCUT2D eigenvalue weighted by Gasteiger charge is 2.16. The average molecular weight is 298 g/mol. The monoisotopic (exact) mass is 298 g/mol. The molecule has 0 radical (unpaired) electrons. The molecule has 0 saturated carbocycles. The molecule has 21 heavy (non-hydrogen) atoms. The lowest BCUT2D eigenvalue weighted by Gasteiger charge is -2.27. The molecule has 2 rings (SSSR count). The Kier molecular flexibility index (Phi) is 5.04. The van der Waals surface area contributed by atoms with E-state index in [1.54, 1.807) is 4.90 Å². The van der Waals surface area contributed by atoms with Crippen molar-refractivity contribution in [3.63, 3.8) is 0 Å². The largest absolute Gasteiger partial charge is 0.339 e. The van der Waals surface area contributed by atoms with Crippen molar-refractivity contribution in [1.29, 1.82) is 0 Å². The number of carbonyl (C=O) groups excluding carboxylic acids is 2. The van der Waals surface area contributed by atoms with Crippen LogP contribution in [0.2, 0.25) is 0 Å². The van der Waals surface area contributed by atoms with Crippen LogP contribution in [0.1, 0.15) is 0 Å². The Morgan fingerprint density at radius 2 is 1.95 bits per heavy atom. The molecule has 114 valence electrons. The molecule has 1 aromatic carbocycles. The third-order valence-corrected chi connectivity index (χ3v) is 3.05. The van der Waals surface area contributed by atoms with E-state index >= 15 is 0 Å². The zero-order chi connectivity index (χ0) is 15.2. The van der Waals surface area contributed by atoms with Crippen molar-refractivity contribution in [1.82, 2.24) is 15.5 Å². The van der Waals surface area contributed by atoms with E-state index in [0.29, 0.717) is 19.2 Å². The van der Waals surface area contributed by atoms with Crippen molar-refractivity contribution in [2.45, 2.75) is 0 Å². The summed E-state index contributed by atoms with van der Waals surface area (Å²) in [6.07, 6.45) is 0. The van der Waals surface area contributed by atoms with E-state index in [2.05, 4.69) is 16.0 Å². The highest BCUT2D eigenvalue weighted by Crippen LogP contribution is 2.14. The van der Waals surface area contributed by atoms with Crippen LogP contribution in [0.25, 0.3) is 0 Å². The summed E-state index contributed by atoms with van der Waals surface area (Å²) in [6, 6.07) is 2.10. The van der Waals surface area contributed by atoms with E-state index in [1.807, 2.05) is 0 Å². The quantitative estimate of drug-likeness (QED) is 0.761. The number of carbonyl (C=O) groups is 2. The van der Waals surface area contributed by atoms with Crippen molar-refractivity contribution >= 4 is 17.6 Å². The van der Waals surface area contributed by atoms with Crippen LogP contribution in [-0.2, 0) is 4.79 Å². The molecule has 6 nitrogen and oxygen atoms in total. The molecule has 1 heterocycles. The number of nitrogens with one attached hydrogen (secondary N) is 3. The molecule has 1 aliphatic heterocycles. The van der Waals surface area contributed by atoms with E-state index in [1.165, 1.54) is 0 Å². The summed E-state index contributed by atoms with van der Waals surface area (Å²) in [5.74, 6) is -1.81. The van der Waals surface area contributed by atoms with Crippen LogP contribution in [0.4, 0.5) is 19.3 Å². The first-order valence-electron chi connectivity index (χ1n) is 6.54. The van der Waals surface area contributed by atoms with Gasteiger partial charge in [0.1, 0.15) is 11.6 Å². The fourth-order valence-electron chi connectivity index (χ4n) is 1.94.